The molecule has 1 rings (SSSR count). The number of methoxy groups -OCH3 is 1. The van der Waals surface area contributed by atoms with Crippen molar-refractivity contribution in [1.29, 1.82) is 0 Å². The van der Waals surface area contributed by atoms with Crippen molar-refractivity contribution >= 4 is 27.6 Å². The lowest BCUT2D eigenvalue weighted by Gasteiger charge is -2.20. The minimum absolute atomic E-state index is 0.499. The van der Waals surface area contributed by atoms with Gasteiger partial charge in [0.1, 0.15) is 5.75 Å². The van der Waals surface area contributed by atoms with Crippen molar-refractivity contribution in [1.82, 2.24) is 0 Å². The summed E-state index contributed by atoms with van der Waals surface area (Å²) in [6, 6.07) is 5.67. The molecule has 92 valence electrons. The fourth-order valence-electron chi connectivity index (χ4n) is 1.37. The second-order valence-corrected chi connectivity index (χ2v) is 4.35. The fourth-order valence-corrected chi connectivity index (χ4v) is 1.72. The van der Waals surface area contributed by atoms with Crippen molar-refractivity contribution in [2.75, 3.05) is 25.6 Å². The van der Waals surface area contributed by atoms with Gasteiger partial charge in [0, 0.05) is 24.1 Å². The molecule has 0 bridgehead atoms. The number of aliphatic carboxylic acids is 1. The third kappa shape index (κ3) is 4.11. The molecule has 1 aromatic carbocycles. The van der Waals surface area contributed by atoms with E-state index >= 15 is 0 Å². The van der Waals surface area contributed by atoms with Gasteiger partial charge in [0.15, 0.2) is 0 Å². The summed E-state index contributed by atoms with van der Waals surface area (Å²) in [7, 11) is 3.48. The Labute approximate surface area is 109 Å². The van der Waals surface area contributed by atoms with E-state index in [2.05, 4.69) is 15.9 Å². The molecule has 0 aliphatic heterocycles. The average molecular weight is 300 g/mol. The molecule has 0 saturated carbocycles. The van der Waals surface area contributed by atoms with E-state index in [0.717, 1.165) is 22.0 Å². The van der Waals surface area contributed by atoms with Crippen LogP contribution in [0.3, 0.4) is 0 Å². The lowest BCUT2D eigenvalue weighted by atomic mass is 10.2. The van der Waals surface area contributed by atoms with Crippen LogP contribution in [0.25, 0.3) is 0 Å². The molecule has 0 heterocycles. The SMILES string of the molecule is COc1ccc(Br)cc1N(C)C/C=C/C(=O)O. The van der Waals surface area contributed by atoms with Crippen LogP contribution in [0.4, 0.5) is 5.69 Å². The van der Waals surface area contributed by atoms with E-state index in [1.54, 1.807) is 13.2 Å². The minimum Gasteiger partial charge on any atom is -0.495 e. The Hall–Kier alpha value is -1.49. The molecule has 0 aliphatic carbocycles. The fraction of sp³-hybridized carbons (Fsp3) is 0.250. The molecular weight excluding hydrogens is 286 g/mol. The summed E-state index contributed by atoms with van der Waals surface area (Å²) in [5.74, 6) is -0.195. The Bertz CT molecular complexity index is 432. The molecule has 0 fully saturated rings. The van der Waals surface area contributed by atoms with Crippen LogP contribution in [0.1, 0.15) is 0 Å². The van der Waals surface area contributed by atoms with Crippen molar-refractivity contribution in [3.63, 3.8) is 0 Å². The number of halogens is 1. The number of rotatable bonds is 5. The van der Waals surface area contributed by atoms with Crippen molar-refractivity contribution in [2.24, 2.45) is 0 Å². The lowest BCUT2D eigenvalue weighted by molar-refractivity contribution is -0.131. The van der Waals surface area contributed by atoms with E-state index in [1.807, 2.05) is 30.1 Å². The van der Waals surface area contributed by atoms with Crippen molar-refractivity contribution in [2.45, 2.75) is 0 Å². The van der Waals surface area contributed by atoms with Gasteiger partial charge in [-0.15, -0.1) is 0 Å². The van der Waals surface area contributed by atoms with E-state index in [-0.39, 0.29) is 0 Å². The summed E-state index contributed by atoms with van der Waals surface area (Å²) in [5.41, 5.74) is 0.900. The van der Waals surface area contributed by atoms with Crippen LogP contribution in [0.15, 0.2) is 34.8 Å². The summed E-state index contributed by atoms with van der Waals surface area (Å²) in [6.07, 6.45) is 2.71. The van der Waals surface area contributed by atoms with Gasteiger partial charge in [-0.05, 0) is 18.2 Å². The molecule has 17 heavy (non-hydrogen) atoms. The Balaban J connectivity index is 2.83. The normalized spacial score (nSPS) is 10.5. The first-order valence-corrected chi connectivity index (χ1v) is 5.78. The maximum Gasteiger partial charge on any atom is 0.328 e. The van der Waals surface area contributed by atoms with Crippen LogP contribution in [0.5, 0.6) is 5.75 Å². The monoisotopic (exact) mass is 299 g/mol. The topological polar surface area (TPSA) is 49.8 Å². The molecule has 0 amide bonds. The Morgan fingerprint density at radius 3 is 2.88 bits per heavy atom. The molecule has 0 atom stereocenters. The molecule has 5 heteroatoms. The number of likely N-dealkylation sites (N-methyl/N-ethyl adjacent to an activating group) is 1. The van der Waals surface area contributed by atoms with Crippen molar-refractivity contribution in [3.05, 3.63) is 34.8 Å². The highest BCUT2D eigenvalue weighted by atomic mass is 79.9. The van der Waals surface area contributed by atoms with Crippen molar-refractivity contribution in [3.8, 4) is 5.75 Å². The molecule has 0 saturated heterocycles. The maximum atomic E-state index is 10.4. The first-order valence-electron chi connectivity index (χ1n) is 4.98. The van der Waals surface area contributed by atoms with E-state index in [4.69, 9.17) is 9.84 Å². The highest BCUT2D eigenvalue weighted by Gasteiger charge is 2.07. The maximum absolute atomic E-state index is 10.4. The van der Waals surface area contributed by atoms with E-state index in [9.17, 15) is 4.79 Å². The molecular formula is C12H14BrNO3. The van der Waals surface area contributed by atoms with E-state index < -0.39 is 5.97 Å². The Morgan fingerprint density at radius 2 is 2.29 bits per heavy atom. The quantitative estimate of drug-likeness (QED) is 0.849. The average Bonchev–Trinajstić information content (AvgIpc) is 2.28. The predicted octanol–water partition coefficient (Wildman–Crippen LogP) is 2.53. The first kappa shape index (κ1) is 13.6. The van der Waals surface area contributed by atoms with Crippen molar-refractivity contribution < 1.29 is 14.6 Å². The number of ether oxygens (including phenoxy) is 1. The number of carboxylic acid groups (broad SMARTS) is 1. The molecule has 1 aromatic rings. The van der Waals surface area contributed by atoms with E-state index in [0.29, 0.717) is 6.54 Å². The van der Waals surface area contributed by atoms with Gasteiger partial charge in [-0.25, -0.2) is 4.79 Å². The van der Waals surface area contributed by atoms with Crippen LogP contribution < -0.4 is 9.64 Å². The standard InChI is InChI=1S/C12H14BrNO3/c1-14(7-3-4-12(15)16)10-8-9(13)5-6-11(10)17-2/h3-6,8H,7H2,1-2H3,(H,15,16)/b4-3+. The van der Waals surface area contributed by atoms with Crippen LogP contribution in [0, 0.1) is 0 Å². The van der Waals surface area contributed by atoms with Gasteiger partial charge in [-0.2, -0.15) is 0 Å². The van der Waals surface area contributed by atoms with Gasteiger partial charge >= 0.3 is 5.97 Å². The summed E-state index contributed by atoms with van der Waals surface area (Å²) in [4.78, 5) is 12.3. The second-order valence-electron chi connectivity index (χ2n) is 3.44. The molecule has 0 aliphatic rings. The number of anilines is 1. The smallest absolute Gasteiger partial charge is 0.328 e. The van der Waals surface area contributed by atoms with Gasteiger partial charge in [-0.3, -0.25) is 0 Å². The zero-order valence-electron chi connectivity index (χ0n) is 9.68. The second kappa shape index (κ2) is 6.30. The number of carboxylic acids is 1. The number of nitrogens with zero attached hydrogens (tertiary/aromatic N) is 1. The van der Waals surface area contributed by atoms with Crippen LogP contribution in [-0.4, -0.2) is 31.8 Å². The molecule has 1 N–H and O–H groups in total. The first-order chi connectivity index (χ1) is 8.04. The predicted molar refractivity (Wildman–Crippen MR) is 70.7 cm³/mol. The van der Waals surface area contributed by atoms with Gasteiger partial charge in [0.25, 0.3) is 0 Å². The summed E-state index contributed by atoms with van der Waals surface area (Å²) < 4.78 is 6.19. The summed E-state index contributed by atoms with van der Waals surface area (Å²) in [6.45, 7) is 0.499. The third-order valence-corrected chi connectivity index (χ3v) is 2.69. The zero-order valence-corrected chi connectivity index (χ0v) is 11.3. The minimum atomic E-state index is -0.945. The largest absolute Gasteiger partial charge is 0.495 e. The van der Waals surface area contributed by atoms with E-state index in [1.165, 1.54) is 0 Å². The summed E-state index contributed by atoms with van der Waals surface area (Å²) in [5, 5.41) is 8.50. The number of hydrogen-bond donors (Lipinski definition) is 1. The van der Waals surface area contributed by atoms with Gasteiger partial charge in [-0.1, -0.05) is 22.0 Å². The van der Waals surface area contributed by atoms with Crippen LogP contribution in [0.2, 0.25) is 0 Å². The lowest BCUT2D eigenvalue weighted by Crippen LogP contribution is -2.17. The van der Waals surface area contributed by atoms with Gasteiger partial charge < -0.3 is 14.7 Å². The Morgan fingerprint density at radius 1 is 1.59 bits per heavy atom. The molecule has 0 spiro atoms. The van der Waals surface area contributed by atoms with Crippen LogP contribution >= 0.6 is 15.9 Å². The van der Waals surface area contributed by atoms with Crippen LogP contribution in [-0.2, 0) is 4.79 Å². The molecule has 0 aromatic heterocycles. The number of benzene rings is 1. The number of carbonyl (C=O) groups is 1. The highest BCUT2D eigenvalue weighted by Crippen LogP contribution is 2.30. The summed E-state index contributed by atoms with van der Waals surface area (Å²) >= 11 is 3.39. The highest BCUT2D eigenvalue weighted by molar-refractivity contribution is 9.10. The zero-order chi connectivity index (χ0) is 12.8. The third-order valence-electron chi connectivity index (χ3n) is 2.19. The number of hydrogen-bond acceptors (Lipinski definition) is 3. The van der Waals surface area contributed by atoms with Gasteiger partial charge in [0.05, 0.1) is 12.8 Å². The molecule has 0 unspecified atom stereocenters. The van der Waals surface area contributed by atoms with Gasteiger partial charge in [0.2, 0.25) is 0 Å². The molecule has 0 radical (unpaired) electrons. The Kier molecular flexibility index (Phi) is 5.03. The molecule has 4 nitrogen and oxygen atoms in total.